The molecule has 0 bridgehead atoms. The number of amides is 1. The Labute approximate surface area is 106 Å². The summed E-state index contributed by atoms with van der Waals surface area (Å²) in [6, 6.07) is 0. The van der Waals surface area contributed by atoms with Gasteiger partial charge in [0.15, 0.2) is 0 Å². The summed E-state index contributed by atoms with van der Waals surface area (Å²) in [5.74, 6) is -0.0368. The van der Waals surface area contributed by atoms with Crippen LogP contribution in [0.2, 0.25) is 0 Å². The van der Waals surface area contributed by atoms with E-state index in [0.29, 0.717) is 25.2 Å². The molecule has 2 aliphatic rings. The summed E-state index contributed by atoms with van der Waals surface area (Å²) in [5.41, 5.74) is -1.61. The maximum atomic E-state index is 13.0. The van der Waals surface area contributed by atoms with E-state index in [2.05, 4.69) is 10.3 Å². The summed E-state index contributed by atoms with van der Waals surface area (Å²) in [6.45, 7) is 0.0598. The van der Waals surface area contributed by atoms with Gasteiger partial charge in [-0.05, 0) is 0 Å². The van der Waals surface area contributed by atoms with E-state index in [0.717, 1.165) is 4.68 Å². The van der Waals surface area contributed by atoms with Crippen LogP contribution in [-0.2, 0) is 15.1 Å². The van der Waals surface area contributed by atoms with Crippen molar-refractivity contribution in [3.63, 3.8) is 0 Å². The second-order valence-corrected chi connectivity index (χ2v) is 4.87. The van der Waals surface area contributed by atoms with Gasteiger partial charge >= 0.3 is 6.18 Å². The van der Waals surface area contributed by atoms with E-state index in [-0.39, 0.29) is 5.92 Å². The summed E-state index contributed by atoms with van der Waals surface area (Å²) in [4.78, 5) is 12.0. The van der Waals surface area contributed by atoms with Crippen molar-refractivity contribution in [2.75, 3.05) is 26.3 Å². The summed E-state index contributed by atoms with van der Waals surface area (Å²) in [7, 11) is 0. The molecule has 0 aliphatic carbocycles. The highest BCUT2D eigenvalue weighted by atomic mass is 19.4. The Morgan fingerprint density at radius 1 is 1.42 bits per heavy atom. The van der Waals surface area contributed by atoms with E-state index >= 15 is 0 Å². The van der Waals surface area contributed by atoms with Crippen LogP contribution in [0.3, 0.4) is 0 Å². The van der Waals surface area contributed by atoms with Crippen molar-refractivity contribution in [3.8, 4) is 0 Å². The van der Waals surface area contributed by atoms with Crippen LogP contribution in [-0.4, -0.2) is 58.8 Å². The molecule has 0 unspecified atom stereocenters. The van der Waals surface area contributed by atoms with Gasteiger partial charge in [-0.1, -0.05) is 5.21 Å². The molecular weight excluding hydrogens is 265 g/mol. The van der Waals surface area contributed by atoms with E-state index < -0.39 is 24.9 Å². The normalized spacial score (nSPS) is 22.8. The lowest BCUT2D eigenvalue weighted by atomic mass is 9.95. The largest absolute Gasteiger partial charge is 0.418 e. The zero-order valence-electron chi connectivity index (χ0n) is 9.80. The number of alkyl halides is 3. The maximum absolute atomic E-state index is 13.0. The molecule has 3 heterocycles. The zero-order valence-corrected chi connectivity index (χ0v) is 9.80. The van der Waals surface area contributed by atoms with Gasteiger partial charge in [0.05, 0.1) is 25.1 Å². The minimum atomic E-state index is -4.43. The predicted octanol–water partition coefficient (Wildman–Crippen LogP) is 0.121. The average molecular weight is 276 g/mol. The first-order valence-corrected chi connectivity index (χ1v) is 5.73. The smallest absolute Gasteiger partial charge is 0.375 e. The third-order valence-corrected chi connectivity index (χ3v) is 3.64. The molecule has 0 aromatic carbocycles. The number of halogens is 3. The van der Waals surface area contributed by atoms with Gasteiger partial charge in [-0.25, -0.2) is 4.68 Å². The highest BCUT2D eigenvalue weighted by Gasteiger charge is 2.62. The first-order chi connectivity index (χ1) is 8.96. The highest BCUT2D eigenvalue weighted by molar-refractivity contribution is 5.49. The first kappa shape index (κ1) is 12.4. The number of aromatic nitrogens is 3. The number of ether oxygens (including phenoxy) is 1. The van der Waals surface area contributed by atoms with Gasteiger partial charge in [-0.2, -0.15) is 13.2 Å². The van der Waals surface area contributed by atoms with Crippen molar-refractivity contribution in [2.24, 2.45) is 0 Å². The van der Waals surface area contributed by atoms with Crippen LogP contribution in [0, 0.1) is 0 Å². The topological polar surface area (TPSA) is 60.2 Å². The third-order valence-electron chi connectivity index (χ3n) is 3.64. The SMILES string of the molecule is O=CN1CC(c2cn(C3(C(F)(F)F)COC3)nn2)C1. The standard InChI is InChI=1S/C10H11F3N4O2/c11-10(12,13)9(4-19-5-9)17-3-8(14-15-17)7-1-16(2-7)6-18/h3,6-7H,1-2,4-5H2. The highest BCUT2D eigenvalue weighted by Crippen LogP contribution is 2.42. The van der Waals surface area contributed by atoms with E-state index in [9.17, 15) is 18.0 Å². The molecule has 1 amide bonds. The van der Waals surface area contributed by atoms with E-state index in [4.69, 9.17) is 4.74 Å². The Kier molecular flexibility index (Phi) is 2.56. The van der Waals surface area contributed by atoms with Crippen molar-refractivity contribution in [1.82, 2.24) is 19.9 Å². The van der Waals surface area contributed by atoms with Crippen LogP contribution >= 0.6 is 0 Å². The summed E-state index contributed by atoms with van der Waals surface area (Å²) < 4.78 is 44.7. The van der Waals surface area contributed by atoms with E-state index in [1.165, 1.54) is 11.1 Å². The molecule has 2 aliphatic heterocycles. The first-order valence-electron chi connectivity index (χ1n) is 5.73. The molecular formula is C10H11F3N4O2. The number of hydrogen-bond donors (Lipinski definition) is 0. The Morgan fingerprint density at radius 2 is 2.11 bits per heavy atom. The Bertz CT molecular complexity index is 491. The van der Waals surface area contributed by atoms with Gasteiger partial charge in [0.2, 0.25) is 11.9 Å². The van der Waals surface area contributed by atoms with Crippen LogP contribution in [0.25, 0.3) is 0 Å². The van der Waals surface area contributed by atoms with E-state index in [1.807, 2.05) is 0 Å². The lowest BCUT2D eigenvalue weighted by molar-refractivity contribution is -0.294. The molecule has 0 N–H and O–H groups in total. The summed E-state index contributed by atoms with van der Waals surface area (Å²) >= 11 is 0. The quantitative estimate of drug-likeness (QED) is 0.736. The van der Waals surface area contributed by atoms with Gasteiger partial charge in [0, 0.05) is 19.0 Å². The molecule has 0 spiro atoms. The maximum Gasteiger partial charge on any atom is 0.418 e. The lowest BCUT2D eigenvalue weighted by Crippen LogP contribution is -2.61. The molecule has 1 aromatic heterocycles. The van der Waals surface area contributed by atoms with Crippen LogP contribution in [0.4, 0.5) is 13.2 Å². The van der Waals surface area contributed by atoms with Gasteiger partial charge in [0.25, 0.3) is 0 Å². The van der Waals surface area contributed by atoms with Crippen molar-refractivity contribution in [2.45, 2.75) is 17.6 Å². The van der Waals surface area contributed by atoms with Crippen LogP contribution in [0.1, 0.15) is 11.6 Å². The Morgan fingerprint density at radius 3 is 2.58 bits per heavy atom. The van der Waals surface area contributed by atoms with Crippen LogP contribution in [0.15, 0.2) is 6.20 Å². The van der Waals surface area contributed by atoms with Gasteiger partial charge in [-0.3, -0.25) is 4.79 Å². The van der Waals surface area contributed by atoms with Crippen molar-refractivity contribution >= 4 is 6.41 Å². The Balaban J connectivity index is 1.80. The fourth-order valence-electron chi connectivity index (χ4n) is 2.18. The average Bonchev–Trinajstić information content (AvgIpc) is 2.61. The molecule has 0 saturated carbocycles. The van der Waals surface area contributed by atoms with Crippen molar-refractivity contribution < 1.29 is 22.7 Å². The number of carbonyl (C=O) groups is 1. The number of nitrogens with zero attached hydrogens (tertiary/aromatic N) is 4. The summed E-state index contributed by atoms with van der Waals surface area (Å²) in [5, 5.41) is 7.37. The molecule has 19 heavy (non-hydrogen) atoms. The minimum absolute atomic E-state index is 0.0368. The molecule has 104 valence electrons. The van der Waals surface area contributed by atoms with Crippen LogP contribution in [0.5, 0.6) is 0 Å². The third kappa shape index (κ3) is 1.71. The fourth-order valence-corrected chi connectivity index (χ4v) is 2.18. The molecule has 0 radical (unpaired) electrons. The molecule has 9 heteroatoms. The molecule has 6 nitrogen and oxygen atoms in total. The van der Waals surface area contributed by atoms with Crippen molar-refractivity contribution in [3.05, 3.63) is 11.9 Å². The Hall–Kier alpha value is -1.64. The molecule has 0 atom stereocenters. The fraction of sp³-hybridized carbons (Fsp3) is 0.700. The second-order valence-electron chi connectivity index (χ2n) is 4.87. The van der Waals surface area contributed by atoms with Gasteiger partial charge < -0.3 is 9.64 Å². The molecule has 2 saturated heterocycles. The summed E-state index contributed by atoms with van der Waals surface area (Å²) in [6.07, 6.45) is -2.41. The number of hydrogen-bond acceptors (Lipinski definition) is 4. The second kappa shape index (κ2) is 3.92. The predicted molar refractivity (Wildman–Crippen MR) is 55.2 cm³/mol. The molecule has 3 rings (SSSR count). The molecule has 2 fully saturated rings. The molecule has 1 aromatic rings. The minimum Gasteiger partial charge on any atom is -0.375 e. The lowest BCUT2D eigenvalue weighted by Gasteiger charge is -2.42. The van der Waals surface area contributed by atoms with Gasteiger partial charge in [-0.15, -0.1) is 5.10 Å². The number of rotatable bonds is 3. The van der Waals surface area contributed by atoms with Crippen LogP contribution < -0.4 is 0 Å². The van der Waals surface area contributed by atoms with Gasteiger partial charge in [0.1, 0.15) is 0 Å². The number of carbonyl (C=O) groups excluding carboxylic acids is 1. The monoisotopic (exact) mass is 276 g/mol. The van der Waals surface area contributed by atoms with E-state index in [1.54, 1.807) is 0 Å². The number of likely N-dealkylation sites (tertiary alicyclic amines) is 1. The zero-order chi connectivity index (χ0) is 13.7. The van der Waals surface area contributed by atoms with Crippen molar-refractivity contribution in [1.29, 1.82) is 0 Å².